The van der Waals surface area contributed by atoms with E-state index in [0.29, 0.717) is 6.61 Å². The van der Waals surface area contributed by atoms with E-state index in [-0.39, 0.29) is 6.04 Å². The molecular formula is C19H25F3OSi2. The molecule has 1 atom stereocenters. The number of alkyl halides is 3. The lowest BCUT2D eigenvalue weighted by Crippen LogP contribution is -2.74. The third kappa shape index (κ3) is 4.43. The molecule has 25 heavy (non-hydrogen) atoms. The molecule has 0 radical (unpaired) electrons. The number of benzene rings is 2. The molecule has 0 aromatic heterocycles. The molecule has 0 bridgehead atoms. The largest absolute Gasteiger partial charge is 0.419 e. The number of rotatable bonds is 7. The van der Waals surface area contributed by atoms with Crippen LogP contribution in [0, 0.1) is 0 Å². The fourth-order valence-electron chi connectivity index (χ4n) is 3.49. The summed E-state index contributed by atoms with van der Waals surface area (Å²) in [6, 6.07) is 20.1. The van der Waals surface area contributed by atoms with Gasteiger partial charge in [0.05, 0.1) is 0 Å². The average molecular weight is 383 g/mol. The highest BCUT2D eigenvalue weighted by molar-refractivity contribution is 7.49. The highest BCUT2D eigenvalue weighted by Gasteiger charge is 2.53. The van der Waals surface area contributed by atoms with Gasteiger partial charge < -0.3 is 4.43 Å². The number of hydrogen-bond acceptors (Lipinski definition) is 1. The minimum Gasteiger partial charge on any atom is -0.419 e. The predicted molar refractivity (Wildman–Crippen MR) is 102 cm³/mol. The van der Waals surface area contributed by atoms with Gasteiger partial charge in [-0.3, -0.25) is 0 Å². The molecule has 0 aliphatic heterocycles. The molecule has 0 aliphatic carbocycles. The van der Waals surface area contributed by atoms with Crippen LogP contribution in [0.4, 0.5) is 13.2 Å². The Morgan fingerprint density at radius 1 is 0.840 bits per heavy atom. The van der Waals surface area contributed by atoms with Gasteiger partial charge in [-0.2, -0.15) is 13.2 Å². The summed E-state index contributed by atoms with van der Waals surface area (Å²) >= 11 is 0. The highest BCUT2D eigenvalue weighted by Crippen LogP contribution is 2.32. The molecule has 0 amide bonds. The summed E-state index contributed by atoms with van der Waals surface area (Å²) in [7, 11) is -5.14. The highest BCUT2D eigenvalue weighted by atomic mass is 29.3. The fraction of sp³-hybridized carbons (Fsp3) is 0.368. The number of hydrogen-bond donors (Lipinski definition) is 0. The van der Waals surface area contributed by atoms with E-state index in [0.717, 1.165) is 10.4 Å². The van der Waals surface area contributed by atoms with Crippen molar-refractivity contribution < 1.29 is 17.6 Å². The second-order valence-electron chi connectivity index (χ2n) is 6.64. The van der Waals surface area contributed by atoms with Gasteiger partial charge in [0.1, 0.15) is 7.59 Å². The summed E-state index contributed by atoms with van der Waals surface area (Å²) < 4.78 is 45.2. The third-order valence-corrected chi connectivity index (χ3v) is 21.6. The normalized spacial score (nSPS) is 15.0. The van der Waals surface area contributed by atoms with Crippen LogP contribution in [0.15, 0.2) is 60.7 Å². The van der Waals surface area contributed by atoms with Gasteiger partial charge in [0.25, 0.3) is 0 Å². The van der Waals surface area contributed by atoms with Crippen molar-refractivity contribution in [3.05, 3.63) is 60.7 Å². The summed E-state index contributed by atoms with van der Waals surface area (Å²) in [6.45, 7) is 6.50. The maximum atomic E-state index is 13.0. The lowest BCUT2D eigenvalue weighted by Gasteiger charge is -2.43. The average Bonchev–Trinajstić information content (AvgIpc) is 2.60. The van der Waals surface area contributed by atoms with Gasteiger partial charge in [-0.15, -0.1) is 0 Å². The first-order chi connectivity index (χ1) is 11.7. The van der Waals surface area contributed by atoms with Crippen molar-refractivity contribution in [1.29, 1.82) is 0 Å². The van der Waals surface area contributed by atoms with Gasteiger partial charge in [-0.05, 0) is 19.5 Å². The van der Waals surface area contributed by atoms with Gasteiger partial charge >= 0.3 is 6.18 Å². The van der Waals surface area contributed by atoms with Crippen LogP contribution in [0.2, 0.25) is 19.1 Å². The SMILES string of the molecule is CCO[Si](C)(CCC(F)(F)F)[Si](C)(c1ccccc1)c1ccccc1. The van der Waals surface area contributed by atoms with Crippen LogP contribution >= 0.6 is 0 Å². The quantitative estimate of drug-likeness (QED) is 0.640. The van der Waals surface area contributed by atoms with Crippen molar-refractivity contribution in [3.63, 3.8) is 0 Å². The topological polar surface area (TPSA) is 9.23 Å². The molecule has 1 nitrogen and oxygen atoms in total. The maximum Gasteiger partial charge on any atom is 0.388 e. The second-order valence-corrected chi connectivity index (χ2v) is 19.5. The first-order valence-electron chi connectivity index (χ1n) is 8.55. The van der Waals surface area contributed by atoms with Crippen molar-refractivity contribution in [2.75, 3.05) is 6.61 Å². The predicted octanol–water partition coefficient (Wildman–Crippen LogP) is 4.52. The Bertz CT molecular complexity index is 622. The van der Waals surface area contributed by atoms with Crippen LogP contribution in [-0.4, -0.2) is 28.2 Å². The monoisotopic (exact) mass is 382 g/mol. The minimum absolute atomic E-state index is 0.0941. The molecule has 0 fully saturated rings. The van der Waals surface area contributed by atoms with Crippen LogP contribution in [0.5, 0.6) is 0 Å². The molecule has 0 spiro atoms. The van der Waals surface area contributed by atoms with Gasteiger partial charge in [0.2, 0.25) is 0 Å². The Morgan fingerprint density at radius 2 is 1.28 bits per heavy atom. The van der Waals surface area contributed by atoms with Crippen molar-refractivity contribution in [2.45, 2.75) is 38.7 Å². The Kier molecular flexibility index (Phi) is 6.29. The van der Waals surface area contributed by atoms with Crippen LogP contribution in [0.3, 0.4) is 0 Å². The van der Waals surface area contributed by atoms with Crippen LogP contribution in [0.25, 0.3) is 0 Å². The molecule has 0 saturated heterocycles. The first kappa shape index (κ1) is 19.9. The lowest BCUT2D eigenvalue weighted by molar-refractivity contribution is -0.131. The molecule has 136 valence electrons. The smallest absolute Gasteiger partial charge is 0.388 e. The zero-order chi connectivity index (χ0) is 18.6. The molecule has 0 heterocycles. The third-order valence-electron chi connectivity index (χ3n) is 5.11. The van der Waals surface area contributed by atoms with Gasteiger partial charge in [0, 0.05) is 13.0 Å². The van der Waals surface area contributed by atoms with Gasteiger partial charge in [-0.25, -0.2) is 0 Å². The minimum atomic E-state index is -4.16. The van der Waals surface area contributed by atoms with E-state index in [9.17, 15) is 13.2 Å². The molecule has 6 heteroatoms. The van der Waals surface area contributed by atoms with Crippen molar-refractivity contribution in [2.24, 2.45) is 0 Å². The standard InChI is InChI=1S/C19H25F3OSi2/c1-4-23-24(2,16-15-19(20,21)22)25(3,17-11-7-5-8-12-17)18-13-9-6-10-14-18/h5-14H,4,15-16H2,1-3H3. The summed E-state index contributed by atoms with van der Waals surface area (Å²) in [5.74, 6) is 0. The zero-order valence-corrected chi connectivity index (χ0v) is 16.9. The maximum absolute atomic E-state index is 13.0. The van der Waals surface area contributed by atoms with E-state index < -0.39 is 28.0 Å². The Labute approximate surface area is 149 Å². The van der Waals surface area contributed by atoms with Gasteiger partial charge in [0.15, 0.2) is 7.83 Å². The second kappa shape index (κ2) is 7.89. The molecule has 0 N–H and O–H groups in total. The van der Waals surface area contributed by atoms with Crippen LogP contribution < -0.4 is 10.4 Å². The van der Waals surface area contributed by atoms with Crippen LogP contribution in [0.1, 0.15) is 13.3 Å². The van der Waals surface area contributed by atoms with Crippen molar-refractivity contribution in [3.8, 4) is 0 Å². The Hall–Kier alpha value is -1.38. The Morgan fingerprint density at radius 3 is 1.64 bits per heavy atom. The van der Waals surface area contributed by atoms with E-state index >= 15 is 0 Å². The van der Waals surface area contributed by atoms with E-state index in [1.807, 2.05) is 49.9 Å². The molecule has 0 aliphatic rings. The lowest BCUT2D eigenvalue weighted by atomic mass is 10.4. The van der Waals surface area contributed by atoms with Crippen molar-refractivity contribution in [1.82, 2.24) is 0 Å². The summed E-state index contributed by atoms with van der Waals surface area (Å²) in [4.78, 5) is 0. The Balaban J connectivity index is 2.59. The number of halogens is 3. The molecule has 2 rings (SSSR count). The summed E-state index contributed by atoms with van der Waals surface area (Å²) in [5.41, 5.74) is 0. The zero-order valence-electron chi connectivity index (χ0n) is 14.9. The molecule has 2 aromatic rings. The van der Waals surface area contributed by atoms with Crippen LogP contribution in [-0.2, 0) is 4.43 Å². The fourth-order valence-corrected chi connectivity index (χ4v) is 16.9. The molecule has 2 aromatic carbocycles. The van der Waals surface area contributed by atoms with E-state index in [2.05, 4.69) is 30.8 Å². The summed E-state index contributed by atoms with van der Waals surface area (Å²) in [5, 5.41) is 2.29. The first-order valence-corrected chi connectivity index (χ1v) is 14.7. The van der Waals surface area contributed by atoms with E-state index in [1.54, 1.807) is 0 Å². The van der Waals surface area contributed by atoms with E-state index in [1.165, 1.54) is 0 Å². The summed E-state index contributed by atoms with van der Waals surface area (Å²) in [6.07, 6.45) is -4.94. The van der Waals surface area contributed by atoms with Crippen molar-refractivity contribution >= 4 is 25.8 Å². The van der Waals surface area contributed by atoms with E-state index in [4.69, 9.17) is 4.43 Å². The molecule has 0 saturated carbocycles. The molecule has 1 unspecified atom stereocenters. The molecular weight excluding hydrogens is 357 g/mol. The van der Waals surface area contributed by atoms with Gasteiger partial charge in [-0.1, -0.05) is 77.6 Å².